The maximum Gasteiger partial charge on any atom is 0.270 e. The summed E-state index contributed by atoms with van der Waals surface area (Å²) in [6.07, 6.45) is 0. The normalized spacial score (nSPS) is 17.2. The highest BCUT2D eigenvalue weighted by atomic mass is 32.1. The number of fused-ring (bicyclic) bond motifs is 1. The quantitative estimate of drug-likeness (QED) is 0.395. The van der Waals surface area contributed by atoms with Crippen LogP contribution in [0, 0.1) is 5.82 Å². The average Bonchev–Trinajstić information content (AvgIpc) is 3.45. The third-order valence-corrected chi connectivity index (χ3v) is 7.53. The average molecular weight is 476 g/mol. The van der Waals surface area contributed by atoms with E-state index < -0.39 is 0 Å². The van der Waals surface area contributed by atoms with Gasteiger partial charge in [0, 0.05) is 36.6 Å². The summed E-state index contributed by atoms with van der Waals surface area (Å²) in [5.41, 5.74) is 2.27. The number of aromatic nitrogens is 1. The Balaban J connectivity index is 1.39. The molecule has 0 bridgehead atoms. The van der Waals surface area contributed by atoms with Gasteiger partial charge < -0.3 is 14.4 Å². The van der Waals surface area contributed by atoms with Gasteiger partial charge in [0.2, 0.25) is 0 Å². The molecule has 1 aliphatic rings. The molecule has 0 unspecified atom stereocenters. The molecular formula is C27H26FN3O2S. The molecule has 5 rings (SSSR count). The molecule has 2 aromatic heterocycles. The fourth-order valence-corrected chi connectivity index (χ4v) is 5.71. The van der Waals surface area contributed by atoms with Crippen molar-refractivity contribution in [3.8, 4) is 0 Å². The molecule has 34 heavy (non-hydrogen) atoms. The number of rotatable bonds is 4. The molecule has 2 aromatic carbocycles. The van der Waals surface area contributed by atoms with Gasteiger partial charge in [-0.05, 0) is 61.2 Å². The Morgan fingerprint density at radius 3 is 2.44 bits per heavy atom. The third kappa shape index (κ3) is 4.01. The second-order valence-corrected chi connectivity index (χ2v) is 9.67. The largest absolute Gasteiger partial charge is 0.334 e. The van der Waals surface area contributed by atoms with Gasteiger partial charge in [0.15, 0.2) is 0 Å². The Hall–Kier alpha value is -3.45. The molecule has 2 amide bonds. The third-order valence-electron chi connectivity index (χ3n) is 6.60. The smallest absolute Gasteiger partial charge is 0.270 e. The van der Waals surface area contributed by atoms with Crippen LogP contribution in [0.25, 0.3) is 10.2 Å². The van der Waals surface area contributed by atoms with Crippen LogP contribution in [-0.2, 0) is 0 Å². The van der Waals surface area contributed by atoms with Gasteiger partial charge >= 0.3 is 0 Å². The first-order chi connectivity index (χ1) is 16.4. The lowest BCUT2D eigenvalue weighted by atomic mass is 10.1. The van der Waals surface area contributed by atoms with Crippen molar-refractivity contribution in [3.05, 3.63) is 94.7 Å². The predicted molar refractivity (Wildman–Crippen MR) is 133 cm³/mol. The Morgan fingerprint density at radius 2 is 1.74 bits per heavy atom. The summed E-state index contributed by atoms with van der Waals surface area (Å²) in [6.45, 7) is 5.41. The van der Waals surface area contributed by atoms with E-state index in [0.717, 1.165) is 15.8 Å². The highest BCUT2D eigenvalue weighted by molar-refractivity contribution is 7.16. The van der Waals surface area contributed by atoms with E-state index in [0.29, 0.717) is 30.9 Å². The molecule has 0 N–H and O–H groups in total. The number of nitrogens with zero attached hydrogens (tertiary/aromatic N) is 3. The minimum Gasteiger partial charge on any atom is -0.334 e. The summed E-state index contributed by atoms with van der Waals surface area (Å²) >= 11 is 1.64. The van der Waals surface area contributed by atoms with Crippen molar-refractivity contribution in [2.45, 2.75) is 25.9 Å². The molecule has 0 spiro atoms. The summed E-state index contributed by atoms with van der Waals surface area (Å²) in [5.74, 6) is -0.527. The van der Waals surface area contributed by atoms with Gasteiger partial charge in [-0.3, -0.25) is 9.59 Å². The van der Waals surface area contributed by atoms with Gasteiger partial charge in [-0.25, -0.2) is 4.39 Å². The van der Waals surface area contributed by atoms with Crippen LogP contribution in [0.15, 0.2) is 72.1 Å². The highest BCUT2D eigenvalue weighted by Gasteiger charge is 2.32. The van der Waals surface area contributed by atoms with Crippen molar-refractivity contribution in [1.82, 2.24) is 14.4 Å². The van der Waals surface area contributed by atoms with E-state index in [4.69, 9.17) is 0 Å². The summed E-state index contributed by atoms with van der Waals surface area (Å²) in [6, 6.07) is 19.7. The number of amides is 2. The van der Waals surface area contributed by atoms with Crippen molar-refractivity contribution in [3.63, 3.8) is 0 Å². The predicted octanol–water partition coefficient (Wildman–Crippen LogP) is 5.44. The SMILES string of the molecule is C[C@H](c1ccccc1)n1c(C(=O)N2CCN(C(=O)c3ccc(F)cc3)[C@@H](C)C2)cc2ccsc21. The molecule has 174 valence electrons. The van der Waals surface area contributed by atoms with Crippen molar-refractivity contribution in [2.24, 2.45) is 0 Å². The molecular weight excluding hydrogens is 449 g/mol. The van der Waals surface area contributed by atoms with E-state index >= 15 is 0 Å². The summed E-state index contributed by atoms with van der Waals surface area (Å²) in [5, 5.41) is 3.11. The van der Waals surface area contributed by atoms with E-state index in [2.05, 4.69) is 29.0 Å². The summed E-state index contributed by atoms with van der Waals surface area (Å²) < 4.78 is 15.4. The fraction of sp³-hybridized carbons (Fsp3) is 0.259. The number of piperazine rings is 1. The minimum atomic E-state index is -0.368. The lowest BCUT2D eigenvalue weighted by molar-refractivity contribution is 0.0409. The van der Waals surface area contributed by atoms with E-state index in [1.807, 2.05) is 42.2 Å². The zero-order valence-corrected chi connectivity index (χ0v) is 20.0. The Morgan fingerprint density at radius 1 is 1.00 bits per heavy atom. The second-order valence-electron chi connectivity index (χ2n) is 8.77. The van der Waals surface area contributed by atoms with E-state index in [1.54, 1.807) is 16.2 Å². The molecule has 1 fully saturated rings. The van der Waals surface area contributed by atoms with Crippen LogP contribution in [0.1, 0.15) is 46.3 Å². The lowest BCUT2D eigenvalue weighted by Gasteiger charge is -2.40. The van der Waals surface area contributed by atoms with Crippen LogP contribution in [0.2, 0.25) is 0 Å². The number of thiophene rings is 1. The Kier molecular flexibility index (Phi) is 5.96. The number of benzene rings is 2. The molecule has 0 radical (unpaired) electrons. The van der Waals surface area contributed by atoms with Crippen molar-refractivity contribution >= 4 is 33.4 Å². The second kappa shape index (κ2) is 9.06. The van der Waals surface area contributed by atoms with Gasteiger partial charge in [0.05, 0.1) is 6.04 Å². The maximum atomic E-state index is 13.7. The number of carbonyl (C=O) groups is 2. The van der Waals surface area contributed by atoms with Gasteiger partial charge in [0.1, 0.15) is 16.3 Å². The summed E-state index contributed by atoms with van der Waals surface area (Å²) in [7, 11) is 0. The number of hydrogen-bond acceptors (Lipinski definition) is 3. The van der Waals surface area contributed by atoms with E-state index in [1.165, 1.54) is 24.3 Å². The highest BCUT2D eigenvalue weighted by Crippen LogP contribution is 2.32. The molecule has 0 aliphatic carbocycles. The molecule has 5 nitrogen and oxygen atoms in total. The summed E-state index contributed by atoms with van der Waals surface area (Å²) in [4.78, 5) is 31.4. The zero-order valence-electron chi connectivity index (χ0n) is 19.1. The topological polar surface area (TPSA) is 45.6 Å². The first kappa shape index (κ1) is 22.3. The van der Waals surface area contributed by atoms with Gasteiger partial charge in [-0.1, -0.05) is 30.3 Å². The van der Waals surface area contributed by atoms with Crippen molar-refractivity contribution < 1.29 is 14.0 Å². The lowest BCUT2D eigenvalue weighted by Crippen LogP contribution is -2.55. The number of carbonyl (C=O) groups excluding carboxylic acids is 2. The van der Waals surface area contributed by atoms with Gasteiger partial charge in [-0.2, -0.15) is 0 Å². The zero-order chi connectivity index (χ0) is 23.8. The number of hydrogen-bond donors (Lipinski definition) is 0. The van der Waals surface area contributed by atoms with E-state index in [9.17, 15) is 14.0 Å². The number of halogens is 1. The fourth-order valence-electron chi connectivity index (χ4n) is 4.74. The van der Waals surface area contributed by atoms with Gasteiger partial charge in [-0.15, -0.1) is 11.3 Å². The van der Waals surface area contributed by atoms with E-state index in [-0.39, 0.29) is 29.7 Å². The minimum absolute atomic E-state index is 0.00932. The first-order valence-electron chi connectivity index (χ1n) is 11.4. The van der Waals surface area contributed by atoms with Crippen LogP contribution >= 0.6 is 11.3 Å². The van der Waals surface area contributed by atoms with Crippen molar-refractivity contribution in [2.75, 3.05) is 19.6 Å². The molecule has 7 heteroatoms. The monoisotopic (exact) mass is 475 g/mol. The van der Waals surface area contributed by atoms with Crippen LogP contribution < -0.4 is 0 Å². The Labute approximate surface area is 202 Å². The molecule has 1 saturated heterocycles. The molecule has 3 heterocycles. The standard InChI is InChI=1S/C27H26FN3O2S/c1-18-17-29(13-14-30(18)25(32)21-8-10-23(28)11-9-21)26(33)24-16-22-12-15-34-27(22)31(24)19(2)20-6-4-3-5-7-20/h3-12,15-16,18-19H,13-14,17H2,1-2H3/t18-,19+/m0/s1. The van der Waals surface area contributed by atoms with Gasteiger partial charge in [0.25, 0.3) is 11.8 Å². The molecule has 1 aliphatic heterocycles. The maximum absolute atomic E-state index is 13.7. The molecule has 0 saturated carbocycles. The first-order valence-corrected chi connectivity index (χ1v) is 12.3. The van der Waals surface area contributed by atoms with Crippen molar-refractivity contribution in [1.29, 1.82) is 0 Å². The van der Waals surface area contributed by atoms with Crippen LogP contribution in [0.4, 0.5) is 4.39 Å². The molecule has 4 aromatic rings. The van der Waals surface area contributed by atoms with Crippen LogP contribution in [0.3, 0.4) is 0 Å². The van der Waals surface area contributed by atoms with Crippen LogP contribution in [0.5, 0.6) is 0 Å². The molecule has 2 atom stereocenters. The van der Waals surface area contributed by atoms with Crippen LogP contribution in [-0.4, -0.2) is 51.9 Å². The Bertz CT molecular complexity index is 1330.